The highest BCUT2D eigenvalue weighted by molar-refractivity contribution is 8.23. The highest BCUT2D eigenvalue weighted by Gasteiger charge is 1.99. The van der Waals surface area contributed by atoms with Crippen LogP contribution in [0.2, 0.25) is 0 Å². The molecule has 1 nitrogen and oxygen atoms in total. The first kappa shape index (κ1) is 10.7. The average Bonchev–Trinajstić information content (AvgIpc) is 2.18. The normalized spacial score (nSPS) is 10.0. The molecule has 0 saturated carbocycles. The summed E-state index contributed by atoms with van der Waals surface area (Å²) in [7, 11) is 0. The van der Waals surface area contributed by atoms with Crippen LogP contribution in [0, 0.1) is 0 Å². The van der Waals surface area contributed by atoms with Crippen LogP contribution in [0.3, 0.4) is 0 Å². The summed E-state index contributed by atoms with van der Waals surface area (Å²) >= 11 is 6.69. The van der Waals surface area contributed by atoms with Crippen molar-refractivity contribution in [1.29, 1.82) is 0 Å². The minimum Gasteiger partial charge on any atom is -0.322 e. The van der Waals surface area contributed by atoms with Crippen LogP contribution in [0.4, 0.5) is 0 Å². The van der Waals surface area contributed by atoms with Gasteiger partial charge >= 0.3 is 0 Å². The van der Waals surface area contributed by atoms with Gasteiger partial charge in [0.15, 0.2) is 0 Å². The molecule has 0 fully saturated rings. The Balaban J connectivity index is 2.74. The van der Waals surface area contributed by atoms with E-state index in [4.69, 9.17) is 18.0 Å². The summed E-state index contributed by atoms with van der Waals surface area (Å²) in [6.45, 7) is 2.14. The van der Waals surface area contributed by atoms with Crippen LogP contribution in [0.1, 0.15) is 18.1 Å². The zero-order chi connectivity index (χ0) is 9.68. The van der Waals surface area contributed by atoms with E-state index in [-0.39, 0.29) is 0 Å². The minimum absolute atomic E-state index is 0.550. The zero-order valence-corrected chi connectivity index (χ0v) is 9.25. The molecule has 0 spiro atoms. The van der Waals surface area contributed by atoms with E-state index in [0.29, 0.717) is 5.88 Å². The number of aryl methyl sites for hydroxylation is 1. The summed E-state index contributed by atoms with van der Waals surface area (Å²) in [4.78, 5) is 0. The third-order valence-corrected chi connectivity index (χ3v) is 3.07. The van der Waals surface area contributed by atoms with E-state index < -0.39 is 0 Å². The number of rotatable bonds is 3. The van der Waals surface area contributed by atoms with E-state index in [1.54, 1.807) is 0 Å². The van der Waals surface area contributed by atoms with Gasteiger partial charge in [-0.25, -0.2) is 0 Å². The third kappa shape index (κ3) is 3.10. The predicted molar refractivity (Wildman–Crippen MR) is 64.2 cm³/mol. The molecule has 0 amide bonds. The Morgan fingerprint density at radius 3 is 2.46 bits per heavy atom. The Bertz CT molecular complexity index is 279. The standard InChI is InChI=1S/C10H13NS2/c1-2-8-3-5-9(6-4-8)10(12)13-7-11/h3-6H,2,7,11H2,1H3. The lowest BCUT2D eigenvalue weighted by molar-refractivity contribution is 1.14. The molecule has 0 aliphatic heterocycles. The fraction of sp³-hybridized carbons (Fsp3) is 0.300. The second kappa shape index (κ2) is 5.37. The molecule has 3 heteroatoms. The molecule has 0 heterocycles. The van der Waals surface area contributed by atoms with Gasteiger partial charge in [0.25, 0.3) is 0 Å². The maximum Gasteiger partial charge on any atom is 0.0790 e. The molecule has 70 valence electrons. The Morgan fingerprint density at radius 2 is 2.00 bits per heavy atom. The summed E-state index contributed by atoms with van der Waals surface area (Å²) < 4.78 is 0.880. The molecule has 0 aliphatic rings. The van der Waals surface area contributed by atoms with Gasteiger partial charge in [-0.3, -0.25) is 0 Å². The van der Waals surface area contributed by atoms with Gasteiger partial charge in [-0.2, -0.15) is 0 Å². The van der Waals surface area contributed by atoms with Crippen LogP contribution < -0.4 is 5.73 Å². The Labute approximate surface area is 88.7 Å². The van der Waals surface area contributed by atoms with E-state index >= 15 is 0 Å². The Hall–Kier alpha value is -0.380. The number of nitrogens with two attached hydrogens (primary N) is 1. The van der Waals surface area contributed by atoms with Crippen LogP contribution in [-0.4, -0.2) is 10.1 Å². The summed E-state index contributed by atoms with van der Waals surface area (Å²) in [5.41, 5.74) is 7.84. The molecule has 0 aliphatic carbocycles. The monoisotopic (exact) mass is 211 g/mol. The van der Waals surface area contributed by atoms with E-state index in [0.717, 1.165) is 16.2 Å². The van der Waals surface area contributed by atoms with Gasteiger partial charge < -0.3 is 5.73 Å². The highest BCUT2D eigenvalue weighted by Crippen LogP contribution is 2.13. The topological polar surface area (TPSA) is 26.0 Å². The molecular weight excluding hydrogens is 198 g/mol. The highest BCUT2D eigenvalue weighted by atomic mass is 32.2. The molecular formula is C10H13NS2. The first-order valence-electron chi connectivity index (χ1n) is 4.24. The van der Waals surface area contributed by atoms with Crippen molar-refractivity contribution in [3.63, 3.8) is 0 Å². The Morgan fingerprint density at radius 1 is 1.38 bits per heavy atom. The first-order chi connectivity index (χ1) is 6.27. The van der Waals surface area contributed by atoms with E-state index in [1.807, 2.05) is 0 Å². The molecule has 0 saturated heterocycles. The summed E-state index contributed by atoms with van der Waals surface area (Å²) in [5, 5.41) is 0. The maximum atomic E-state index is 5.40. The van der Waals surface area contributed by atoms with Crippen LogP contribution in [0.25, 0.3) is 0 Å². The fourth-order valence-corrected chi connectivity index (χ4v) is 1.83. The van der Waals surface area contributed by atoms with Gasteiger partial charge in [0.1, 0.15) is 0 Å². The van der Waals surface area contributed by atoms with E-state index in [9.17, 15) is 0 Å². The summed E-state index contributed by atoms with van der Waals surface area (Å²) in [5.74, 6) is 0.550. The summed E-state index contributed by atoms with van der Waals surface area (Å²) in [6.07, 6.45) is 1.07. The number of hydrogen-bond donors (Lipinski definition) is 1. The van der Waals surface area contributed by atoms with Crippen molar-refractivity contribution >= 4 is 28.2 Å². The predicted octanol–water partition coefficient (Wildman–Crippen LogP) is 2.57. The maximum absolute atomic E-state index is 5.40. The van der Waals surface area contributed by atoms with Crippen LogP contribution in [-0.2, 0) is 6.42 Å². The van der Waals surface area contributed by atoms with Crippen molar-refractivity contribution in [2.75, 3.05) is 5.88 Å². The average molecular weight is 211 g/mol. The molecule has 1 aromatic carbocycles. The molecule has 0 bridgehead atoms. The minimum atomic E-state index is 0.550. The smallest absolute Gasteiger partial charge is 0.0790 e. The van der Waals surface area contributed by atoms with Crippen LogP contribution in [0.15, 0.2) is 24.3 Å². The van der Waals surface area contributed by atoms with Crippen molar-refractivity contribution < 1.29 is 0 Å². The molecule has 1 rings (SSSR count). The van der Waals surface area contributed by atoms with Crippen molar-refractivity contribution in [3.05, 3.63) is 35.4 Å². The Kier molecular flexibility index (Phi) is 4.42. The van der Waals surface area contributed by atoms with Gasteiger partial charge in [-0.1, -0.05) is 55.2 Å². The molecule has 0 aromatic heterocycles. The molecule has 0 radical (unpaired) electrons. The first-order valence-corrected chi connectivity index (χ1v) is 5.63. The molecule has 1 aromatic rings. The van der Waals surface area contributed by atoms with Crippen molar-refractivity contribution in [2.45, 2.75) is 13.3 Å². The lowest BCUT2D eigenvalue weighted by Gasteiger charge is -2.02. The number of thiocarbonyl (C=S) groups is 1. The molecule has 13 heavy (non-hydrogen) atoms. The van der Waals surface area contributed by atoms with Gasteiger partial charge in [-0.15, -0.1) is 0 Å². The van der Waals surface area contributed by atoms with E-state index in [2.05, 4.69) is 31.2 Å². The quantitative estimate of drug-likeness (QED) is 0.615. The lowest BCUT2D eigenvalue weighted by Crippen LogP contribution is -1.99. The third-order valence-electron chi connectivity index (χ3n) is 1.81. The van der Waals surface area contributed by atoms with Crippen LogP contribution in [0.5, 0.6) is 0 Å². The molecule has 2 N–H and O–H groups in total. The zero-order valence-electron chi connectivity index (χ0n) is 7.62. The molecule has 0 atom stereocenters. The van der Waals surface area contributed by atoms with Gasteiger partial charge in [0, 0.05) is 5.88 Å². The fourth-order valence-electron chi connectivity index (χ4n) is 1.04. The van der Waals surface area contributed by atoms with Crippen molar-refractivity contribution in [2.24, 2.45) is 5.73 Å². The largest absolute Gasteiger partial charge is 0.322 e. The lowest BCUT2D eigenvalue weighted by atomic mass is 10.1. The van der Waals surface area contributed by atoms with Gasteiger partial charge in [-0.05, 0) is 17.5 Å². The second-order valence-electron chi connectivity index (χ2n) is 2.65. The van der Waals surface area contributed by atoms with E-state index in [1.165, 1.54) is 17.3 Å². The second-order valence-corrected chi connectivity index (χ2v) is 4.35. The van der Waals surface area contributed by atoms with Gasteiger partial charge in [0.2, 0.25) is 0 Å². The number of hydrogen-bond acceptors (Lipinski definition) is 3. The number of thioether (sulfide) groups is 1. The van der Waals surface area contributed by atoms with Gasteiger partial charge in [0.05, 0.1) is 4.20 Å². The van der Waals surface area contributed by atoms with Crippen LogP contribution >= 0.6 is 24.0 Å². The van der Waals surface area contributed by atoms with Crippen molar-refractivity contribution in [1.82, 2.24) is 0 Å². The summed E-state index contributed by atoms with van der Waals surface area (Å²) in [6, 6.07) is 8.34. The number of benzene rings is 1. The molecule has 0 unspecified atom stereocenters. The van der Waals surface area contributed by atoms with Crippen molar-refractivity contribution in [3.8, 4) is 0 Å². The SMILES string of the molecule is CCc1ccc(C(=S)SCN)cc1.